The van der Waals surface area contributed by atoms with Gasteiger partial charge >= 0.3 is 0 Å². The Labute approximate surface area is 367 Å². The summed E-state index contributed by atoms with van der Waals surface area (Å²) < 4.78 is 11.1. The number of rotatable bonds is 42. The van der Waals surface area contributed by atoms with E-state index in [9.17, 15) is 40.5 Å². The molecule has 6 unspecified atom stereocenters. The van der Waals surface area contributed by atoms with Crippen molar-refractivity contribution in [2.75, 3.05) is 13.2 Å². The molecule has 1 fully saturated rings. The van der Waals surface area contributed by atoms with Crippen LogP contribution in [0.4, 0.5) is 0 Å². The van der Waals surface area contributed by atoms with E-state index in [1.807, 2.05) is 0 Å². The lowest BCUT2D eigenvalue weighted by atomic mass is 9.98. The van der Waals surface area contributed by atoms with Gasteiger partial charge in [-0.1, -0.05) is 220 Å². The predicted octanol–water partition coefficient (Wildman–Crippen LogP) is 8.92. The minimum Gasteiger partial charge on any atom is -0.394 e. The number of hydrogen-bond acceptors (Lipinski definition) is 10. The fourth-order valence-electron chi connectivity index (χ4n) is 8.36. The van der Waals surface area contributed by atoms with Crippen LogP contribution in [0.3, 0.4) is 0 Å². The predicted molar refractivity (Wildman–Crippen MR) is 243 cm³/mol. The number of nitrogens with one attached hydrogen (secondary N) is 1. The average molecular weight is 860 g/mol. The number of aliphatic hydroxyl groups is 7. The molecule has 0 aromatic rings. The Bertz CT molecular complexity index is 959. The summed E-state index contributed by atoms with van der Waals surface area (Å²) in [4.78, 5) is 13.1. The molecule has 1 rings (SSSR count). The van der Waals surface area contributed by atoms with E-state index in [1.165, 1.54) is 148 Å². The van der Waals surface area contributed by atoms with E-state index in [4.69, 9.17) is 9.47 Å². The number of carbonyl (C=O) groups excluding carboxylic acids is 1. The van der Waals surface area contributed by atoms with Gasteiger partial charge in [0.1, 0.15) is 36.6 Å². The second-order valence-corrected chi connectivity index (χ2v) is 18.5. The quantitative estimate of drug-likeness (QED) is 0.0275. The molecule has 11 nitrogen and oxygen atoms in total. The maximum absolute atomic E-state index is 13.1. The third-order valence-corrected chi connectivity index (χ3v) is 13.0. The van der Waals surface area contributed by atoms with Gasteiger partial charge in [0.05, 0.1) is 25.4 Å². The number of hydrogen-bond donors (Lipinski definition) is 8. The number of amides is 1. The lowest BCUT2D eigenvalue weighted by Crippen LogP contribution is -2.60. The molecule has 0 aliphatic carbocycles. The van der Waals surface area contributed by atoms with E-state index in [0.717, 1.165) is 44.4 Å². The molecule has 1 saturated heterocycles. The monoisotopic (exact) mass is 860 g/mol. The van der Waals surface area contributed by atoms with Gasteiger partial charge in [-0.25, -0.2) is 0 Å². The highest BCUT2D eigenvalue weighted by molar-refractivity contribution is 5.80. The Morgan fingerprint density at radius 2 is 0.967 bits per heavy atom. The Kier molecular flexibility index (Phi) is 36.7. The fraction of sp³-hybridized carbons (Fsp3) is 0.980. The second-order valence-electron chi connectivity index (χ2n) is 18.5. The van der Waals surface area contributed by atoms with Gasteiger partial charge in [0.25, 0.3) is 0 Å². The average Bonchev–Trinajstić information content (AvgIpc) is 3.25. The third-order valence-electron chi connectivity index (χ3n) is 13.0. The van der Waals surface area contributed by atoms with Crippen molar-refractivity contribution in [1.29, 1.82) is 0 Å². The molecule has 0 aromatic heterocycles. The van der Waals surface area contributed by atoms with Gasteiger partial charge in [-0.15, -0.1) is 0 Å². The molecule has 8 N–H and O–H groups in total. The Morgan fingerprint density at radius 1 is 0.567 bits per heavy atom. The van der Waals surface area contributed by atoms with Gasteiger partial charge in [-0.3, -0.25) is 4.79 Å². The van der Waals surface area contributed by atoms with Crippen molar-refractivity contribution in [3.63, 3.8) is 0 Å². The number of aliphatic hydroxyl groups excluding tert-OH is 7. The summed E-state index contributed by atoms with van der Waals surface area (Å²) in [6.45, 7) is 5.79. The molecule has 0 bridgehead atoms. The summed E-state index contributed by atoms with van der Waals surface area (Å²) in [6.07, 6.45) is 27.2. The standard InChI is InChI=1S/C49H97NO10/c1-4-6-7-8-9-10-11-12-13-14-15-16-17-18-19-20-23-27-30-33-36-42(53)48(58)50-40(38-59-49-47(57)46(56)45(55)43(37-51)60-49)44(54)41(52)35-32-29-26-24-21-22-25-28-31-34-39(3)5-2/h39-47,49,51-57H,4-38H2,1-3H3,(H,50,58)/t39?,40?,41?,42-,43?,44+,45-,46?,47?,49-/m1/s1. The topological polar surface area (TPSA) is 189 Å². The molecule has 0 spiro atoms. The first-order valence-electron chi connectivity index (χ1n) is 25.3. The van der Waals surface area contributed by atoms with Gasteiger partial charge in [0.2, 0.25) is 5.91 Å². The summed E-state index contributed by atoms with van der Waals surface area (Å²) in [6, 6.07) is -1.16. The maximum atomic E-state index is 13.1. The van der Waals surface area contributed by atoms with Gasteiger partial charge in [-0.05, 0) is 18.8 Å². The lowest BCUT2D eigenvalue weighted by molar-refractivity contribution is -0.303. The maximum Gasteiger partial charge on any atom is 0.249 e. The molecule has 1 heterocycles. The molecule has 358 valence electrons. The zero-order chi connectivity index (χ0) is 44.2. The van der Waals surface area contributed by atoms with Crippen LogP contribution in [0.25, 0.3) is 0 Å². The third kappa shape index (κ3) is 28.0. The van der Waals surface area contributed by atoms with Gasteiger partial charge < -0.3 is 50.5 Å². The molecule has 1 aliphatic heterocycles. The van der Waals surface area contributed by atoms with Gasteiger partial charge in [-0.2, -0.15) is 0 Å². The normalized spacial score (nSPS) is 22.1. The van der Waals surface area contributed by atoms with E-state index in [-0.39, 0.29) is 6.42 Å². The number of carbonyl (C=O) groups is 1. The summed E-state index contributed by atoms with van der Waals surface area (Å²) in [7, 11) is 0. The van der Waals surface area contributed by atoms with Crippen LogP contribution in [-0.4, -0.2) is 110 Å². The van der Waals surface area contributed by atoms with Crippen LogP contribution in [0.1, 0.15) is 233 Å². The van der Waals surface area contributed by atoms with Crippen LogP contribution >= 0.6 is 0 Å². The van der Waals surface area contributed by atoms with Crippen LogP contribution in [0.15, 0.2) is 0 Å². The molecule has 60 heavy (non-hydrogen) atoms. The number of unbranched alkanes of at least 4 members (excludes halogenated alkanes) is 27. The molecule has 0 aromatic carbocycles. The lowest BCUT2D eigenvalue weighted by Gasteiger charge is -2.40. The second kappa shape index (κ2) is 38.6. The smallest absolute Gasteiger partial charge is 0.249 e. The van der Waals surface area contributed by atoms with Crippen molar-refractivity contribution in [1.82, 2.24) is 5.32 Å². The molecule has 0 radical (unpaired) electrons. The minimum atomic E-state index is -1.66. The van der Waals surface area contributed by atoms with E-state index >= 15 is 0 Å². The van der Waals surface area contributed by atoms with E-state index < -0.39 is 74.2 Å². The summed E-state index contributed by atoms with van der Waals surface area (Å²) in [5.41, 5.74) is 0. The van der Waals surface area contributed by atoms with Crippen LogP contribution < -0.4 is 5.32 Å². The zero-order valence-corrected chi connectivity index (χ0v) is 38.9. The van der Waals surface area contributed by atoms with Crippen molar-refractivity contribution < 1.29 is 50.0 Å². The SMILES string of the molecule is CCCCCCCCCCCCCCCCCCCCCC[C@@H](O)C(=O)NC(CO[C@@H]1OC(CO)[C@@H](O)C(O)C1O)[C@H](O)C(O)CCCCCCCCCCCC(C)CC. The Morgan fingerprint density at radius 3 is 1.38 bits per heavy atom. The largest absolute Gasteiger partial charge is 0.394 e. The molecule has 11 heteroatoms. The highest BCUT2D eigenvalue weighted by Gasteiger charge is 2.44. The fourth-order valence-corrected chi connectivity index (χ4v) is 8.36. The molecule has 0 saturated carbocycles. The summed E-state index contributed by atoms with van der Waals surface area (Å²) in [5.74, 6) is 0.122. The van der Waals surface area contributed by atoms with Crippen LogP contribution in [0, 0.1) is 5.92 Å². The first-order chi connectivity index (χ1) is 29.1. The van der Waals surface area contributed by atoms with Crippen LogP contribution in [0.2, 0.25) is 0 Å². The first kappa shape index (κ1) is 57.1. The Balaban J connectivity index is 2.37. The summed E-state index contributed by atoms with van der Waals surface area (Å²) in [5, 5.41) is 75.8. The van der Waals surface area contributed by atoms with Crippen molar-refractivity contribution in [2.24, 2.45) is 5.92 Å². The molecule has 1 aliphatic rings. The van der Waals surface area contributed by atoms with Gasteiger partial charge in [0, 0.05) is 0 Å². The van der Waals surface area contributed by atoms with E-state index in [1.54, 1.807) is 0 Å². The van der Waals surface area contributed by atoms with Crippen LogP contribution in [-0.2, 0) is 14.3 Å². The van der Waals surface area contributed by atoms with E-state index in [2.05, 4.69) is 26.1 Å². The van der Waals surface area contributed by atoms with E-state index in [0.29, 0.717) is 19.3 Å². The molecule has 1 amide bonds. The summed E-state index contributed by atoms with van der Waals surface area (Å²) >= 11 is 0. The minimum absolute atomic E-state index is 0.266. The molecular formula is C49H97NO10. The van der Waals surface area contributed by atoms with Gasteiger partial charge in [0.15, 0.2) is 6.29 Å². The Hall–Kier alpha value is -0.890. The zero-order valence-electron chi connectivity index (χ0n) is 38.9. The molecular weight excluding hydrogens is 763 g/mol. The highest BCUT2D eigenvalue weighted by atomic mass is 16.7. The van der Waals surface area contributed by atoms with Crippen LogP contribution in [0.5, 0.6) is 0 Å². The van der Waals surface area contributed by atoms with Crippen molar-refractivity contribution in [3.8, 4) is 0 Å². The number of ether oxygens (including phenoxy) is 2. The first-order valence-corrected chi connectivity index (χ1v) is 25.3. The molecule has 10 atom stereocenters. The highest BCUT2D eigenvalue weighted by Crippen LogP contribution is 2.23. The van der Waals surface area contributed by atoms with Crippen molar-refractivity contribution in [2.45, 2.75) is 288 Å². The van der Waals surface area contributed by atoms with Crippen molar-refractivity contribution in [3.05, 3.63) is 0 Å². The van der Waals surface area contributed by atoms with Crippen molar-refractivity contribution >= 4 is 5.91 Å².